The maximum Gasteiger partial charge on any atom is 0.190 e. The van der Waals surface area contributed by atoms with Crippen LogP contribution in [0.15, 0.2) is 90.4 Å². The van der Waals surface area contributed by atoms with Gasteiger partial charge in [-0.25, -0.2) is 9.36 Å². The average molecular weight is 541 g/mol. The molecule has 0 spiro atoms. The Balaban J connectivity index is 0.00000289. The van der Waals surface area contributed by atoms with E-state index in [-0.39, 0.29) is 24.0 Å². The van der Waals surface area contributed by atoms with Gasteiger partial charge in [0.05, 0.1) is 11.4 Å². The first-order valence-corrected chi connectivity index (χ1v) is 10.4. The van der Waals surface area contributed by atoms with Crippen molar-refractivity contribution in [3.63, 3.8) is 0 Å². The molecule has 0 aliphatic carbocycles. The third kappa shape index (κ3) is 6.43. The fourth-order valence-electron chi connectivity index (χ4n) is 3.34. The van der Waals surface area contributed by atoms with E-state index in [0.717, 1.165) is 43.3 Å². The summed E-state index contributed by atoms with van der Waals surface area (Å²) in [5, 5.41) is 15.3. The first-order valence-electron chi connectivity index (χ1n) is 10.4. The van der Waals surface area contributed by atoms with Gasteiger partial charge in [0.2, 0.25) is 0 Å². The zero-order chi connectivity index (χ0) is 21.3. The van der Waals surface area contributed by atoms with E-state index in [1.165, 1.54) is 11.1 Å². The lowest BCUT2D eigenvalue weighted by molar-refractivity contribution is 0.783. The third-order valence-corrected chi connectivity index (χ3v) is 5.05. The number of nitrogens with one attached hydrogen (secondary N) is 2. The first kappa shape index (κ1) is 23.5. The first-order chi connectivity index (χ1) is 15.3. The van der Waals surface area contributed by atoms with Gasteiger partial charge in [0.1, 0.15) is 0 Å². The van der Waals surface area contributed by atoms with Gasteiger partial charge in [0.25, 0.3) is 0 Å². The van der Waals surface area contributed by atoms with Crippen LogP contribution in [-0.2, 0) is 12.8 Å². The molecule has 0 saturated carbocycles. The molecule has 7 nitrogen and oxygen atoms in total. The molecule has 4 aromatic rings. The van der Waals surface area contributed by atoms with E-state index in [1.54, 1.807) is 19.4 Å². The average Bonchev–Trinajstić information content (AvgIpc) is 3.54. The number of rotatable bonds is 8. The van der Waals surface area contributed by atoms with Crippen molar-refractivity contribution in [3.05, 3.63) is 96.6 Å². The van der Waals surface area contributed by atoms with Crippen molar-refractivity contribution in [2.45, 2.75) is 12.8 Å². The summed E-state index contributed by atoms with van der Waals surface area (Å²) in [6, 6.07) is 20.8. The van der Waals surface area contributed by atoms with Gasteiger partial charge < -0.3 is 10.6 Å². The van der Waals surface area contributed by atoms with Gasteiger partial charge in [-0.2, -0.15) is 10.2 Å². The summed E-state index contributed by atoms with van der Waals surface area (Å²) in [5.41, 5.74) is 4.68. The van der Waals surface area contributed by atoms with E-state index in [4.69, 9.17) is 0 Å². The minimum absolute atomic E-state index is 0. The van der Waals surface area contributed by atoms with E-state index in [0.29, 0.717) is 0 Å². The Hall–Kier alpha value is -3.14. The molecular weight excluding hydrogens is 513 g/mol. The largest absolute Gasteiger partial charge is 0.356 e. The molecule has 0 radical (unpaired) electrons. The summed E-state index contributed by atoms with van der Waals surface area (Å²) in [6.07, 6.45) is 9.31. The quantitative estimate of drug-likeness (QED) is 0.203. The Labute approximate surface area is 205 Å². The minimum Gasteiger partial charge on any atom is -0.356 e. The summed E-state index contributed by atoms with van der Waals surface area (Å²) >= 11 is 0. The van der Waals surface area contributed by atoms with Crippen LogP contribution in [0, 0.1) is 0 Å². The normalized spacial score (nSPS) is 10.3. The maximum absolute atomic E-state index is 4.32. The van der Waals surface area contributed by atoms with Crippen molar-refractivity contribution in [3.8, 4) is 11.4 Å². The van der Waals surface area contributed by atoms with Crippen LogP contribution in [0.1, 0.15) is 11.1 Å². The topological polar surface area (TPSA) is 72.1 Å². The van der Waals surface area contributed by atoms with Gasteiger partial charge in [0.15, 0.2) is 5.96 Å². The van der Waals surface area contributed by atoms with E-state index in [1.807, 2.05) is 33.9 Å². The van der Waals surface area contributed by atoms with Crippen LogP contribution in [0.3, 0.4) is 0 Å². The van der Waals surface area contributed by atoms with Gasteiger partial charge >= 0.3 is 0 Å². The van der Waals surface area contributed by atoms with Gasteiger partial charge in [-0.1, -0.05) is 24.3 Å². The molecule has 4 rings (SSSR count). The summed E-state index contributed by atoms with van der Waals surface area (Å²) in [5.74, 6) is 0.821. The van der Waals surface area contributed by atoms with Crippen LogP contribution >= 0.6 is 24.0 Å². The fraction of sp³-hybridized carbons (Fsp3) is 0.208. The van der Waals surface area contributed by atoms with Crippen molar-refractivity contribution >= 4 is 29.9 Å². The van der Waals surface area contributed by atoms with E-state index < -0.39 is 0 Å². The number of halogens is 1. The van der Waals surface area contributed by atoms with E-state index in [9.17, 15) is 0 Å². The Kier molecular flexibility index (Phi) is 8.85. The monoisotopic (exact) mass is 541 g/mol. The third-order valence-electron chi connectivity index (χ3n) is 5.05. The molecule has 0 aliphatic rings. The number of benzene rings is 2. The molecule has 32 heavy (non-hydrogen) atoms. The smallest absolute Gasteiger partial charge is 0.190 e. The molecule has 8 heteroatoms. The maximum atomic E-state index is 4.32. The van der Waals surface area contributed by atoms with E-state index in [2.05, 4.69) is 74.4 Å². The van der Waals surface area contributed by atoms with Crippen LogP contribution in [0.2, 0.25) is 0 Å². The van der Waals surface area contributed by atoms with Crippen molar-refractivity contribution in [1.82, 2.24) is 30.2 Å². The molecule has 0 saturated heterocycles. The highest BCUT2D eigenvalue weighted by Crippen LogP contribution is 2.10. The van der Waals surface area contributed by atoms with Crippen molar-refractivity contribution in [2.75, 3.05) is 20.1 Å². The molecule has 0 bridgehead atoms. The Morgan fingerprint density at radius 3 is 1.53 bits per heavy atom. The summed E-state index contributed by atoms with van der Waals surface area (Å²) < 4.78 is 3.72. The molecule has 0 aliphatic heterocycles. The predicted octanol–water partition coefficient (Wildman–Crippen LogP) is 3.63. The molecule has 2 N–H and O–H groups in total. The standard InChI is InChI=1S/C24H27N7.HI/c1-25-24(26-16-12-20-4-8-22(9-5-20)30-18-2-14-28-30)27-17-13-21-6-10-23(11-7-21)31-19-3-15-29-31;/h2-11,14-15,18-19H,12-13,16-17H2,1H3,(H2,25,26,27);1H. The van der Waals surface area contributed by atoms with Crippen LogP contribution in [0.25, 0.3) is 11.4 Å². The summed E-state index contributed by atoms with van der Waals surface area (Å²) in [7, 11) is 1.80. The van der Waals surface area contributed by atoms with Crippen molar-refractivity contribution in [2.24, 2.45) is 4.99 Å². The van der Waals surface area contributed by atoms with Crippen LogP contribution in [0.4, 0.5) is 0 Å². The van der Waals surface area contributed by atoms with Gasteiger partial charge in [-0.15, -0.1) is 24.0 Å². The number of aromatic nitrogens is 4. The van der Waals surface area contributed by atoms with Crippen LogP contribution in [0.5, 0.6) is 0 Å². The van der Waals surface area contributed by atoms with Gasteiger partial charge in [-0.3, -0.25) is 4.99 Å². The van der Waals surface area contributed by atoms with Crippen molar-refractivity contribution < 1.29 is 0 Å². The molecule has 0 atom stereocenters. The SMILES string of the molecule is CN=C(NCCc1ccc(-n2cccn2)cc1)NCCc1ccc(-n2cccn2)cc1.I. The minimum atomic E-state index is 0. The number of nitrogens with zero attached hydrogens (tertiary/aromatic N) is 5. The second-order valence-electron chi connectivity index (χ2n) is 7.16. The Morgan fingerprint density at radius 2 is 1.19 bits per heavy atom. The Morgan fingerprint density at radius 1 is 0.750 bits per heavy atom. The highest BCUT2D eigenvalue weighted by molar-refractivity contribution is 14.0. The zero-order valence-electron chi connectivity index (χ0n) is 18.1. The highest BCUT2D eigenvalue weighted by atomic mass is 127. The molecule has 166 valence electrons. The number of hydrogen-bond acceptors (Lipinski definition) is 3. The lowest BCUT2D eigenvalue weighted by atomic mass is 10.1. The summed E-state index contributed by atoms with van der Waals surface area (Å²) in [6.45, 7) is 1.64. The van der Waals surface area contributed by atoms with Crippen molar-refractivity contribution in [1.29, 1.82) is 0 Å². The predicted molar refractivity (Wildman–Crippen MR) is 139 cm³/mol. The lowest BCUT2D eigenvalue weighted by Gasteiger charge is -2.12. The molecule has 2 aromatic carbocycles. The molecule has 0 fully saturated rings. The van der Waals surface area contributed by atoms with Gasteiger partial charge in [0, 0.05) is 44.9 Å². The number of hydrogen-bond donors (Lipinski definition) is 2. The number of guanidine groups is 1. The fourth-order valence-corrected chi connectivity index (χ4v) is 3.34. The lowest BCUT2D eigenvalue weighted by Crippen LogP contribution is -2.39. The number of aliphatic imine (C=N–C) groups is 1. The second-order valence-corrected chi connectivity index (χ2v) is 7.16. The zero-order valence-corrected chi connectivity index (χ0v) is 20.4. The molecule has 0 unspecified atom stereocenters. The van der Waals surface area contributed by atoms with E-state index >= 15 is 0 Å². The van der Waals surface area contributed by atoms with Crippen LogP contribution < -0.4 is 10.6 Å². The van der Waals surface area contributed by atoms with Gasteiger partial charge in [-0.05, 0) is 60.4 Å². The highest BCUT2D eigenvalue weighted by Gasteiger charge is 2.01. The molecule has 2 heterocycles. The molecule has 0 amide bonds. The molecule has 2 aromatic heterocycles. The second kappa shape index (κ2) is 12.0. The molecular formula is C24H28IN7. The van der Waals surface area contributed by atoms with Crippen LogP contribution in [-0.4, -0.2) is 45.7 Å². The summed E-state index contributed by atoms with van der Waals surface area (Å²) in [4.78, 5) is 4.32. The Bertz CT molecular complexity index is 985.